The molecular formula is C8H10FN3. The first-order valence-corrected chi connectivity index (χ1v) is 3.84. The van der Waals surface area contributed by atoms with Crippen LogP contribution < -0.4 is 5.73 Å². The third-order valence-electron chi connectivity index (χ3n) is 2.44. The molecule has 1 aliphatic heterocycles. The minimum Gasteiger partial charge on any atom is -0.395 e. The summed E-state index contributed by atoms with van der Waals surface area (Å²) in [5.74, 6) is -0.0724. The van der Waals surface area contributed by atoms with Gasteiger partial charge < -0.3 is 5.73 Å². The summed E-state index contributed by atoms with van der Waals surface area (Å²) in [6.07, 6.45) is 2.01. The van der Waals surface area contributed by atoms with Crippen LogP contribution in [0.15, 0.2) is 16.3 Å². The second-order valence-electron chi connectivity index (χ2n) is 3.51. The van der Waals surface area contributed by atoms with Gasteiger partial charge in [-0.3, -0.25) is 5.41 Å². The molecule has 2 atom stereocenters. The lowest BCUT2D eigenvalue weighted by atomic mass is 10.1. The Kier molecular flexibility index (Phi) is 1.21. The number of nitrogens with two attached hydrogens (primary N) is 1. The molecule has 0 spiro atoms. The molecule has 0 aromatic rings. The summed E-state index contributed by atoms with van der Waals surface area (Å²) in [6.45, 7) is 1.55. The number of halogens is 1. The molecule has 1 aliphatic carbocycles. The number of rotatable bonds is 1. The van der Waals surface area contributed by atoms with E-state index in [4.69, 9.17) is 11.1 Å². The number of allylic oxidation sites excluding steroid dienone is 1. The van der Waals surface area contributed by atoms with E-state index in [1.165, 1.54) is 6.21 Å². The van der Waals surface area contributed by atoms with Crippen molar-refractivity contribution in [1.82, 2.24) is 0 Å². The van der Waals surface area contributed by atoms with Crippen molar-refractivity contribution >= 4 is 12.1 Å². The molecule has 0 amide bonds. The van der Waals surface area contributed by atoms with Crippen molar-refractivity contribution in [2.24, 2.45) is 16.6 Å². The number of aliphatic imine (C=N–C) groups is 1. The van der Waals surface area contributed by atoms with Crippen LogP contribution in [0.25, 0.3) is 0 Å². The van der Waals surface area contributed by atoms with Gasteiger partial charge in [-0.05, 0) is 13.3 Å². The molecule has 3 N–H and O–H groups in total. The minimum absolute atomic E-state index is 0.0627. The van der Waals surface area contributed by atoms with Crippen molar-refractivity contribution in [1.29, 1.82) is 5.41 Å². The first-order valence-electron chi connectivity index (χ1n) is 3.84. The van der Waals surface area contributed by atoms with Crippen molar-refractivity contribution in [2.45, 2.75) is 19.0 Å². The van der Waals surface area contributed by atoms with E-state index in [0.717, 1.165) is 0 Å². The summed E-state index contributed by atoms with van der Waals surface area (Å²) >= 11 is 0. The lowest BCUT2D eigenvalue weighted by Crippen LogP contribution is -2.09. The van der Waals surface area contributed by atoms with Crippen LogP contribution in [0.2, 0.25) is 0 Å². The highest BCUT2D eigenvalue weighted by atomic mass is 19.1. The van der Waals surface area contributed by atoms with Gasteiger partial charge in [-0.25, -0.2) is 9.38 Å². The standard InChI is InChI=1S/C8H10FN3/c1-8(9)2-5(8)4-3-12-7(11)6(4)10/h3,5H,2H2,1H3,(H3,10,11,12). The molecule has 12 heavy (non-hydrogen) atoms. The fraction of sp³-hybridized carbons (Fsp3) is 0.500. The molecule has 2 aliphatic rings. The number of nitrogens with one attached hydrogen (secondary N) is 1. The molecule has 0 saturated heterocycles. The van der Waals surface area contributed by atoms with E-state index in [-0.39, 0.29) is 11.8 Å². The Bertz CT molecular complexity index is 314. The molecule has 2 rings (SSSR count). The molecule has 0 aromatic heterocycles. The predicted molar refractivity (Wildman–Crippen MR) is 45.1 cm³/mol. The van der Waals surface area contributed by atoms with E-state index >= 15 is 0 Å². The molecule has 0 bridgehead atoms. The van der Waals surface area contributed by atoms with E-state index in [2.05, 4.69) is 4.99 Å². The highest BCUT2D eigenvalue weighted by molar-refractivity contribution is 6.11. The van der Waals surface area contributed by atoms with Gasteiger partial charge in [0.25, 0.3) is 0 Å². The predicted octanol–water partition coefficient (Wildman–Crippen LogP) is 1.01. The van der Waals surface area contributed by atoms with Crippen molar-refractivity contribution in [3.63, 3.8) is 0 Å². The lowest BCUT2D eigenvalue weighted by molar-refractivity contribution is 0.321. The van der Waals surface area contributed by atoms with Gasteiger partial charge in [-0.15, -0.1) is 0 Å². The van der Waals surface area contributed by atoms with Crippen LogP contribution in [-0.4, -0.2) is 17.7 Å². The third-order valence-corrected chi connectivity index (χ3v) is 2.44. The van der Waals surface area contributed by atoms with E-state index < -0.39 is 5.67 Å². The highest BCUT2D eigenvalue weighted by Crippen LogP contribution is 2.51. The topological polar surface area (TPSA) is 62.2 Å². The molecule has 2 unspecified atom stereocenters. The van der Waals surface area contributed by atoms with Gasteiger partial charge >= 0.3 is 0 Å². The van der Waals surface area contributed by atoms with Gasteiger partial charge in [0, 0.05) is 17.7 Å². The Balaban J connectivity index is 2.27. The lowest BCUT2D eigenvalue weighted by Gasteiger charge is -1.99. The molecule has 0 aromatic carbocycles. The van der Waals surface area contributed by atoms with Gasteiger partial charge in [0.05, 0.1) is 5.70 Å². The van der Waals surface area contributed by atoms with Crippen LogP contribution >= 0.6 is 0 Å². The zero-order chi connectivity index (χ0) is 8.93. The molecule has 0 radical (unpaired) electrons. The van der Waals surface area contributed by atoms with Crippen molar-refractivity contribution in [2.75, 3.05) is 0 Å². The quantitative estimate of drug-likeness (QED) is 0.601. The smallest absolute Gasteiger partial charge is 0.168 e. The van der Waals surface area contributed by atoms with Crippen LogP contribution in [0.3, 0.4) is 0 Å². The molecule has 1 fully saturated rings. The first-order chi connectivity index (χ1) is 5.52. The molecule has 1 heterocycles. The summed E-state index contributed by atoms with van der Waals surface area (Å²) in [5.41, 5.74) is 5.45. The Morgan fingerprint density at radius 2 is 2.42 bits per heavy atom. The fourth-order valence-corrected chi connectivity index (χ4v) is 1.46. The van der Waals surface area contributed by atoms with Crippen LogP contribution in [0.1, 0.15) is 13.3 Å². The van der Waals surface area contributed by atoms with E-state index in [0.29, 0.717) is 17.7 Å². The second-order valence-corrected chi connectivity index (χ2v) is 3.51. The average Bonchev–Trinajstić information content (AvgIpc) is 2.47. The third kappa shape index (κ3) is 0.873. The first kappa shape index (κ1) is 7.46. The Labute approximate surface area is 69.7 Å². The minimum atomic E-state index is -1.13. The maximum atomic E-state index is 13.2. The average molecular weight is 167 g/mol. The van der Waals surface area contributed by atoms with Crippen molar-refractivity contribution < 1.29 is 4.39 Å². The van der Waals surface area contributed by atoms with Gasteiger partial charge in [0.1, 0.15) is 5.67 Å². The number of nitrogens with zero attached hydrogens (tertiary/aromatic N) is 1. The number of hydrogen-bond acceptors (Lipinski definition) is 2. The van der Waals surface area contributed by atoms with E-state index in [1.807, 2.05) is 0 Å². The SMILES string of the molecule is CC1(F)CC1C1=C(N)C(=N)N=C1. The summed E-state index contributed by atoms with van der Waals surface area (Å²) in [5, 5.41) is 7.23. The fourth-order valence-electron chi connectivity index (χ4n) is 1.46. The van der Waals surface area contributed by atoms with Crippen molar-refractivity contribution in [3.8, 4) is 0 Å². The number of alkyl halides is 1. The van der Waals surface area contributed by atoms with Gasteiger partial charge in [0.2, 0.25) is 0 Å². The molecule has 64 valence electrons. The van der Waals surface area contributed by atoms with Crippen LogP contribution in [-0.2, 0) is 0 Å². The van der Waals surface area contributed by atoms with Gasteiger partial charge in [-0.1, -0.05) is 0 Å². The maximum absolute atomic E-state index is 13.2. The second kappa shape index (κ2) is 1.94. The number of amidine groups is 1. The van der Waals surface area contributed by atoms with E-state index in [1.54, 1.807) is 6.92 Å². The van der Waals surface area contributed by atoms with E-state index in [9.17, 15) is 4.39 Å². The molecular weight excluding hydrogens is 157 g/mol. The van der Waals surface area contributed by atoms with Crippen LogP contribution in [0, 0.1) is 11.3 Å². The summed E-state index contributed by atoms with van der Waals surface area (Å²) in [4.78, 5) is 3.72. The summed E-state index contributed by atoms with van der Waals surface area (Å²) in [7, 11) is 0. The molecule has 4 heteroatoms. The number of hydrogen-bond donors (Lipinski definition) is 2. The maximum Gasteiger partial charge on any atom is 0.168 e. The Hall–Kier alpha value is -1.19. The van der Waals surface area contributed by atoms with Crippen molar-refractivity contribution in [3.05, 3.63) is 11.3 Å². The normalized spacial score (nSPS) is 39.5. The Morgan fingerprint density at radius 1 is 1.83 bits per heavy atom. The van der Waals surface area contributed by atoms with Gasteiger partial charge in [-0.2, -0.15) is 0 Å². The highest BCUT2D eigenvalue weighted by Gasteiger charge is 2.54. The monoisotopic (exact) mass is 167 g/mol. The Morgan fingerprint density at radius 3 is 2.75 bits per heavy atom. The summed E-state index contributed by atoms with van der Waals surface area (Å²) in [6, 6.07) is 0. The zero-order valence-electron chi connectivity index (χ0n) is 6.76. The van der Waals surface area contributed by atoms with Crippen LogP contribution in [0.5, 0.6) is 0 Å². The molecule has 3 nitrogen and oxygen atoms in total. The largest absolute Gasteiger partial charge is 0.395 e. The zero-order valence-corrected chi connectivity index (χ0v) is 6.76. The summed E-state index contributed by atoms with van der Waals surface area (Å²) < 4.78 is 13.2. The van der Waals surface area contributed by atoms with Gasteiger partial charge in [0.15, 0.2) is 5.84 Å². The molecule has 1 saturated carbocycles. The van der Waals surface area contributed by atoms with Crippen LogP contribution in [0.4, 0.5) is 4.39 Å².